The van der Waals surface area contributed by atoms with Gasteiger partial charge in [0, 0.05) is 5.54 Å². The Morgan fingerprint density at radius 2 is 1.85 bits per heavy atom. The molecule has 1 aliphatic rings. The molecular formula is C11H23NO. The lowest BCUT2D eigenvalue weighted by Crippen LogP contribution is -2.57. The van der Waals surface area contributed by atoms with Crippen LogP contribution in [0.2, 0.25) is 0 Å². The van der Waals surface area contributed by atoms with Crippen LogP contribution in [-0.2, 0) is 0 Å². The predicted molar refractivity (Wildman–Crippen MR) is 55.5 cm³/mol. The van der Waals surface area contributed by atoms with E-state index in [1.807, 2.05) is 13.8 Å². The third kappa shape index (κ3) is 2.23. The molecule has 2 nitrogen and oxygen atoms in total. The van der Waals surface area contributed by atoms with E-state index < -0.39 is 11.1 Å². The van der Waals surface area contributed by atoms with E-state index in [-0.39, 0.29) is 0 Å². The highest BCUT2D eigenvalue weighted by atomic mass is 16.3. The van der Waals surface area contributed by atoms with E-state index in [4.69, 9.17) is 5.73 Å². The summed E-state index contributed by atoms with van der Waals surface area (Å²) in [4.78, 5) is 0. The molecule has 0 atom stereocenters. The van der Waals surface area contributed by atoms with Crippen molar-refractivity contribution in [3.8, 4) is 0 Å². The van der Waals surface area contributed by atoms with Gasteiger partial charge in [-0.15, -0.1) is 0 Å². The lowest BCUT2D eigenvalue weighted by Gasteiger charge is -2.44. The second-order valence-corrected chi connectivity index (χ2v) is 5.10. The lowest BCUT2D eigenvalue weighted by atomic mass is 9.69. The van der Waals surface area contributed by atoms with Crippen LogP contribution in [0.1, 0.15) is 52.9 Å². The van der Waals surface area contributed by atoms with E-state index in [1.165, 1.54) is 6.42 Å². The van der Waals surface area contributed by atoms with Crippen molar-refractivity contribution < 1.29 is 5.11 Å². The first-order valence-electron chi connectivity index (χ1n) is 5.40. The normalized spacial score (nSPS) is 36.2. The van der Waals surface area contributed by atoms with Crippen LogP contribution >= 0.6 is 0 Å². The minimum Gasteiger partial charge on any atom is -0.388 e. The Bertz CT molecular complexity index is 163. The Kier molecular flexibility index (Phi) is 3.03. The molecule has 0 radical (unpaired) electrons. The van der Waals surface area contributed by atoms with Crippen molar-refractivity contribution in [1.29, 1.82) is 0 Å². The van der Waals surface area contributed by atoms with Crippen molar-refractivity contribution in [2.24, 2.45) is 11.7 Å². The number of nitrogens with two attached hydrogens (primary N) is 1. The van der Waals surface area contributed by atoms with E-state index in [2.05, 4.69) is 6.92 Å². The van der Waals surface area contributed by atoms with Crippen LogP contribution in [0.3, 0.4) is 0 Å². The van der Waals surface area contributed by atoms with E-state index in [1.54, 1.807) is 0 Å². The van der Waals surface area contributed by atoms with E-state index in [0.29, 0.717) is 0 Å². The Hall–Kier alpha value is -0.0800. The first-order valence-corrected chi connectivity index (χ1v) is 5.40. The van der Waals surface area contributed by atoms with Gasteiger partial charge < -0.3 is 10.8 Å². The van der Waals surface area contributed by atoms with Crippen LogP contribution in [0.15, 0.2) is 0 Å². The van der Waals surface area contributed by atoms with Crippen LogP contribution in [0.25, 0.3) is 0 Å². The van der Waals surface area contributed by atoms with Gasteiger partial charge in [0.05, 0.1) is 5.60 Å². The second-order valence-electron chi connectivity index (χ2n) is 5.10. The van der Waals surface area contributed by atoms with Crippen molar-refractivity contribution in [2.45, 2.75) is 64.0 Å². The summed E-state index contributed by atoms with van der Waals surface area (Å²) in [6.07, 6.45) is 5.24. The number of hydrogen-bond acceptors (Lipinski definition) is 2. The molecule has 0 heterocycles. The SMILES string of the molecule is CCC1CCC(O)(C(C)(C)N)CC1. The van der Waals surface area contributed by atoms with Crippen LogP contribution in [-0.4, -0.2) is 16.2 Å². The Balaban J connectivity index is 2.57. The highest BCUT2D eigenvalue weighted by Crippen LogP contribution is 2.38. The number of rotatable bonds is 2. The first kappa shape index (κ1) is 11.0. The highest BCUT2D eigenvalue weighted by molar-refractivity contribution is 4.99. The topological polar surface area (TPSA) is 46.2 Å². The number of aliphatic hydroxyl groups is 1. The predicted octanol–water partition coefficient (Wildman–Crippen LogP) is 2.05. The van der Waals surface area contributed by atoms with Gasteiger partial charge in [0.25, 0.3) is 0 Å². The molecule has 1 rings (SSSR count). The Labute approximate surface area is 81.5 Å². The summed E-state index contributed by atoms with van der Waals surface area (Å²) in [7, 11) is 0. The van der Waals surface area contributed by atoms with Crippen molar-refractivity contribution >= 4 is 0 Å². The van der Waals surface area contributed by atoms with Crippen molar-refractivity contribution in [1.82, 2.24) is 0 Å². The summed E-state index contributed by atoms with van der Waals surface area (Å²) in [5.74, 6) is 0.808. The maximum absolute atomic E-state index is 10.3. The van der Waals surface area contributed by atoms with Crippen molar-refractivity contribution in [2.75, 3.05) is 0 Å². The Morgan fingerprint density at radius 3 is 2.15 bits per heavy atom. The fraction of sp³-hybridized carbons (Fsp3) is 1.00. The molecule has 0 saturated heterocycles. The molecule has 0 spiro atoms. The van der Waals surface area contributed by atoms with Gasteiger partial charge in [-0.2, -0.15) is 0 Å². The second kappa shape index (κ2) is 3.58. The average molecular weight is 185 g/mol. The van der Waals surface area contributed by atoms with Crippen LogP contribution in [0, 0.1) is 5.92 Å². The fourth-order valence-electron chi connectivity index (χ4n) is 2.21. The minimum atomic E-state index is -0.626. The zero-order valence-corrected chi connectivity index (χ0v) is 9.14. The molecule has 0 bridgehead atoms. The Morgan fingerprint density at radius 1 is 1.38 bits per heavy atom. The third-order valence-electron chi connectivity index (χ3n) is 3.71. The molecule has 1 saturated carbocycles. The minimum absolute atomic E-state index is 0.453. The first-order chi connectivity index (χ1) is 5.89. The zero-order chi connectivity index (χ0) is 10.1. The van der Waals surface area contributed by atoms with Gasteiger partial charge in [0.2, 0.25) is 0 Å². The van der Waals surface area contributed by atoms with Crippen molar-refractivity contribution in [3.05, 3.63) is 0 Å². The summed E-state index contributed by atoms with van der Waals surface area (Å²) in [5, 5.41) is 10.3. The van der Waals surface area contributed by atoms with Crippen LogP contribution < -0.4 is 5.73 Å². The molecule has 0 aliphatic heterocycles. The van der Waals surface area contributed by atoms with Crippen LogP contribution in [0.4, 0.5) is 0 Å². The maximum atomic E-state index is 10.3. The summed E-state index contributed by atoms with van der Waals surface area (Å²) < 4.78 is 0. The molecule has 78 valence electrons. The summed E-state index contributed by atoms with van der Waals surface area (Å²) in [5.41, 5.74) is 4.90. The van der Waals surface area contributed by atoms with Gasteiger partial charge >= 0.3 is 0 Å². The van der Waals surface area contributed by atoms with Crippen molar-refractivity contribution in [3.63, 3.8) is 0 Å². The van der Waals surface area contributed by atoms with Gasteiger partial charge in [0.1, 0.15) is 0 Å². The standard InChI is InChI=1S/C11H23NO/c1-4-9-5-7-11(13,8-6-9)10(2,3)12/h9,13H,4-8,12H2,1-3H3. The molecule has 3 N–H and O–H groups in total. The van der Waals surface area contributed by atoms with Crippen LogP contribution in [0.5, 0.6) is 0 Å². The van der Waals surface area contributed by atoms with Gasteiger partial charge in [-0.05, 0) is 45.4 Å². The highest BCUT2D eigenvalue weighted by Gasteiger charge is 2.42. The molecule has 13 heavy (non-hydrogen) atoms. The van der Waals surface area contributed by atoms with E-state index in [0.717, 1.165) is 31.6 Å². The molecule has 2 heteroatoms. The molecule has 1 fully saturated rings. The van der Waals surface area contributed by atoms with E-state index >= 15 is 0 Å². The molecule has 0 unspecified atom stereocenters. The monoisotopic (exact) mass is 185 g/mol. The smallest absolute Gasteiger partial charge is 0.0821 e. The summed E-state index contributed by atoms with van der Waals surface area (Å²) in [6.45, 7) is 6.08. The molecule has 0 aromatic rings. The van der Waals surface area contributed by atoms with Gasteiger partial charge in [-0.3, -0.25) is 0 Å². The molecule has 0 aromatic carbocycles. The van der Waals surface area contributed by atoms with Gasteiger partial charge in [-0.1, -0.05) is 13.3 Å². The molecular weight excluding hydrogens is 162 g/mol. The zero-order valence-electron chi connectivity index (χ0n) is 9.14. The van der Waals surface area contributed by atoms with Gasteiger partial charge in [0.15, 0.2) is 0 Å². The number of hydrogen-bond donors (Lipinski definition) is 2. The lowest BCUT2D eigenvalue weighted by molar-refractivity contribution is -0.0614. The largest absolute Gasteiger partial charge is 0.388 e. The quantitative estimate of drug-likeness (QED) is 0.691. The van der Waals surface area contributed by atoms with Gasteiger partial charge in [-0.25, -0.2) is 0 Å². The summed E-state index contributed by atoms with van der Waals surface area (Å²) in [6, 6.07) is 0. The van der Waals surface area contributed by atoms with E-state index in [9.17, 15) is 5.11 Å². The fourth-order valence-corrected chi connectivity index (χ4v) is 2.21. The summed E-state index contributed by atoms with van der Waals surface area (Å²) >= 11 is 0. The third-order valence-corrected chi connectivity index (χ3v) is 3.71. The maximum Gasteiger partial charge on any atom is 0.0821 e. The molecule has 0 amide bonds. The molecule has 1 aliphatic carbocycles. The average Bonchev–Trinajstić information content (AvgIpc) is 2.04. The molecule has 0 aromatic heterocycles.